The number of amides is 1. The van der Waals surface area contributed by atoms with E-state index < -0.39 is 6.23 Å². The summed E-state index contributed by atoms with van der Waals surface area (Å²) in [5.41, 5.74) is 0.966. The molecule has 1 amide bonds. The van der Waals surface area contributed by atoms with Crippen LogP contribution < -0.4 is 10.6 Å². The maximum Gasteiger partial charge on any atom is 0.230 e. The van der Waals surface area contributed by atoms with E-state index in [4.69, 9.17) is 0 Å². The zero-order valence-electron chi connectivity index (χ0n) is 15.5. The van der Waals surface area contributed by atoms with Crippen molar-refractivity contribution in [3.05, 3.63) is 45.9 Å². The van der Waals surface area contributed by atoms with Crippen molar-refractivity contribution in [2.75, 3.05) is 10.6 Å². The molecule has 28 heavy (non-hydrogen) atoms. The van der Waals surface area contributed by atoms with Crippen LogP contribution in [0.3, 0.4) is 0 Å². The van der Waals surface area contributed by atoms with E-state index in [9.17, 15) is 9.90 Å². The van der Waals surface area contributed by atoms with E-state index in [2.05, 4.69) is 31.0 Å². The number of nitrogens with zero attached hydrogens (tertiary/aromatic N) is 4. The van der Waals surface area contributed by atoms with Crippen LogP contribution in [0.4, 0.5) is 10.3 Å². The van der Waals surface area contributed by atoms with Gasteiger partial charge in [0.2, 0.25) is 16.2 Å². The molecule has 0 aliphatic heterocycles. The van der Waals surface area contributed by atoms with Crippen LogP contribution in [0.25, 0.3) is 0 Å². The number of carbonyl (C=O) groups is 1. The van der Waals surface area contributed by atoms with E-state index in [0.717, 1.165) is 41.3 Å². The Hall–Kier alpha value is -2.43. The van der Waals surface area contributed by atoms with Crippen LogP contribution in [0.15, 0.2) is 30.3 Å². The lowest BCUT2D eigenvalue weighted by molar-refractivity contribution is -0.115. The average Bonchev–Trinajstić information content (AvgIpc) is 3.28. The molecule has 0 saturated carbocycles. The largest absolute Gasteiger partial charge is 0.374 e. The summed E-state index contributed by atoms with van der Waals surface area (Å²) in [6.45, 7) is 1.64. The molecule has 3 aromatic rings. The first-order valence-electron chi connectivity index (χ1n) is 9.01. The first-order chi connectivity index (χ1) is 13.6. The fourth-order valence-electron chi connectivity index (χ4n) is 2.49. The fraction of sp³-hybridized carbons (Fsp3) is 0.389. The molecule has 0 radical (unpaired) electrons. The summed E-state index contributed by atoms with van der Waals surface area (Å²) in [7, 11) is 0. The molecule has 2 aromatic heterocycles. The number of rotatable bonds is 10. The number of benzene rings is 1. The molecular weight excluding hydrogens is 396 g/mol. The number of anilines is 2. The zero-order chi connectivity index (χ0) is 19.8. The summed E-state index contributed by atoms with van der Waals surface area (Å²) in [6, 6.07) is 9.60. The monoisotopic (exact) mass is 418 g/mol. The molecule has 0 fully saturated rings. The molecule has 148 valence electrons. The second kappa shape index (κ2) is 10.2. The van der Waals surface area contributed by atoms with Gasteiger partial charge in [0, 0.05) is 12.8 Å². The van der Waals surface area contributed by atoms with Gasteiger partial charge >= 0.3 is 0 Å². The molecule has 0 aliphatic carbocycles. The maximum absolute atomic E-state index is 12.1. The Labute approximate surface area is 171 Å². The first-order valence-corrected chi connectivity index (χ1v) is 10.6. The summed E-state index contributed by atoms with van der Waals surface area (Å²) < 4.78 is 0. The summed E-state index contributed by atoms with van der Waals surface area (Å²) >= 11 is 2.86. The van der Waals surface area contributed by atoms with E-state index in [1.165, 1.54) is 22.7 Å². The Bertz CT molecular complexity index is 881. The summed E-state index contributed by atoms with van der Waals surface area (Å²) in [5.74, 6) is -0.0909. The van der Waals surface area contributed by atoms with Crippen LogP contribution in [-0.2, 0) is 24.1 Å². The van der Waals surface area contributed by atoms with Crippen molar-refractivity contribution in [2.24, 2.45) is 0 Å². The molecule has 0 spiro atoms. The van der Waals surface area contributed by atoms with Gasteiger partial charge in [-0.25, -0.2) is 0 Å². The molecule has 3 N–H and O–H groups in total. The third-order valence-corrected chi connectivity index (χ3v) is 5.56. The SMILES string of the molecule is CC(O)Nc1nnc(CCCCc2nnc(NC(=O)Cc3ccccc3)s2)s1. The molecule has 1 atom stereocenters. The number of unbranched alkanes of at least 4 members (excludes halogenated alkanes) is 1. The van der Waals surface area contributed by atoms with Crippen LogP contribution in [0, 0.1) is 0 Å². The number of aryl methyl sites for hydroxylation is 2. The molecule has 1 aromatic carbocycles. The van der Waals surface area contributed by atoms with Gasteiger partial charge in [-0.05, 0) is 25.3 Å². The Morgan fingerprint density at radius 3 is 2.25 bits per heavy atom. The van der Waals surface area contributed by atoms with Crippen molar-refractivity contribution < 1.29 is 9.90 Å². The number of aromatic nitrogens is 4. The van der Waals surface area contributed by atoms with Gasteiger partial charge in [-0.2, -0.15) is 0 Å². The van der Waals surface area contributed by atoms with Gasteiger partial charge in [-0.15, -0.1) is 20.4 Å². The lowest BCUT2D eigenvalue weighted by atomic mass is 10.1. The van der Waals surface area contributed by atoms with Crippen LogP contribution in [0.5, 0.6) is 0 Å². The van der Waals surface area contributed by atoms with Crippen molar-refractivity contribution >= 4 is 38.8 Å². The number of hydrogen-bond donors (Lipinski definition) is 3. The molecule has 10 heteroatoms. The Balaban J connectivity index is 1.37. The molecular formula is C18H22N6O2S2. The number of carbonyl (C=O) groups excluding carboxylic acids is 1. The Morgan fingerprint density at radius 1 is 1.00 bits per heavy atom. The lowest BCUT2D eigenvalue weighted by Gasteiger charge is -2.02. The highest BCUT2D eigenvalue weighted by Crippen LogP contribution is 2.20. The van der Waals surface area contributed by atoms with Crippen LogP contribution >= 0.6 is 22.7 Å². The molecule has 2 heterocycles. The summed E-state index contributed by atoms with van der Waals surface area (Å²) in [5, 5.41) is 34.2. The van der Waals surface area contributed by atoms with Gasteiger partial charge < -0.3 is 15.7 Å². The van der Waals surface area contributed by atoms with Gasteiger partial charge in [0.1, 0.15) is 16.2 Å². The minimum atomic E-state index is -0.638. The van der Waals surface area contributed by atoms with E-state index in [-0.39, 0.29) is 5.91 Å². The quantitative estimate of drug-likeness (QED) is 0.343. The number of aliphatic hydroxyl groups excluding tert-OH is 1. The minimum absolute atomic E-state index is 0.0909. The van der Waals surface area contributed by atoms with E-state index in [0.29, 0.717) is 16.7 Å². The van der Waals surface area contributed by atoms with Crippen molar-refractivity contribution in [2.45, 2.75) is 45.3 Å². The Kier molecular flexibility index (Phi) is 7.40. The van der Waals surface area contributed by atoms with Gasteiger partial charge in [0.15, 0.2) is 0 Å². The van der Waals surface area contributed by atoms with Gasteiger partial charge in [0.05, 0.1) is 6.42 Å². The van der Waals surface area contributed by atoms with Crippen molar-refractivity contribution in [3.8, 4) is 0 Å². The molecule has 0 bridgehead atoms. The van der Waals surface area contributed by atoms with Crippen LogP contribution in [0.2, 0.25) is 0 Å². The van der Waals surface area contributed by atoms with Gasteiger partial charge in [-0.3, -0.25) is 4.79 Å². The standard InChI is InChI=1S/C18H22N6O2S2/c1-12(25)19-17-23-21-15(27-17)9-5-6-10-16-22-24-18(28-16)20-14(26)11-13-7-3-2-4-8-13/h2-4,7-8,12,25H,5-6,9-11H2,1H3,(H,19,23)(H,20,24,26). The Morgan fingerprint density at radius 2 is 1.61 bits per heavy atom. The predicted octanol–water partition coefficient (Wildman–Crippen LogP) is 2.89. The van der Waals surface area contributed by atoms with Crippen molar-refractivity contribution in [3.63, 3.8) is 0 Å². The second-order valence-electron chi connectivity index (χ2n) is 6.24. The van der Waals surface area contributed by atoms with E-state index in [1.807, 2.05) is 30.3 Å². The number of nitrogens with one attached hydrogen (secondary N) is 2. The highest BCUT2D eigenvalue weighted by Gasteiger charge is 2.10. The topological polar surface area (TPSA) is 113 Å². The highest BCUT2D eigenvalue weighted by molar-refractivity contribution is 7.15. The highest BCUT2D eigenvalue weighted by atomic mass is 32.1. The van der Waals surface area contributed by atoms with E-state index in [1.54, 1.807) is 6.92 Å². The van der Waals surface area contributed by atoms with Crippen LogP contribution in [-0.4, -0.2) is 37.6 Å². The van der Waals surface area contributed by atoms with Crippen molar-refractivity contribution in [1.29, 1.82) is 0 Å². The lowest BCUT2D eigenvalue weighted by Crippen LogP contribution is -2.14. The fourth-order valence-corrected chi connectivity index (χ4v) is 4.15. The number of hydrogen-bond acceptors (Lipinski definition) is 9. The van der Waals surface area contributed by atoms with Crippen LogP contribution in [0.1, 0.15) is 35.3 Å². The molecule has 3 rings (SSSR count). The smallest absolute Gasteiger partial charge is 0.230 e. The molecule has 0 saturated heterocycles. The second-order valence-corrected chi connectivity index (χ2v) is 8.36. The third-order valence-electron chi connectivity index (χ3n) is 3.75. The third kappa shape index (κ3) is 6.63. The summed E-state index contributed by atoms with van der Waals surface area (Å²) in [4.78, 5) is 12.1. The maximum atomic E-state index is 12.1. The first kappa shape index (κ1) is 20.3. The molecule has 1 unspecified atom stereocenters. The predicted molar refractivity (Wildman–Crippen MR) is 111 cm³/mol. The minimum Gasteiger partial charge on any atom is -0.374 e. The number of aliphatic hydroxyl groups is 1. The zero-order valence-corrected chi connectivity index (χ0v) is 17.1. The summed E-state index contributed by atoms with van der Waals surface area (Å²) in [6.07, 6.45) is 3.23. The normalized spacial score (nSPS) is 11.9. The van der Waals surface area contributed by atoms with Gasteiger partial charge in [-0.1, -0.05) is 53.0 Å². The molecule has 8 nitrogen and oxygen atoms in total. The van der Waals surface area contributed by atoms with E-state index >= 15 is 0 Å². The van der Waals surface area contributed by atoms with Crippen molar-refractivity contribution in [1.82, 2.24) is 20.4 Å². The average molecular weight is 419 g/mol. The molecule has 0 aliphatic rings. The van der Waals surface area contributed by atoms with Gasteiger partial charge in [0.25, 0.3) is 0 Å².